The van der Waals surface area contributed by atoms with Gasteiger partial charge in [-0.2, -0.15) is 0 Å². The van der Waals surface area contributed by atoms with Crippen molar-refractivity contribution in [2.24, 2.45) is 5.92 Å². The van der Waals surface area contributed by atoms with Crippen LogP contribution in [0, 0.1) is 5.92 Å². The molecule has 0 unspecified atom stereocenters. The van der Waals surface area contributed by atoms with Gasteiger partial charge in [-0.25, -0.2) is 0 Å². The van der Waals surface area contributed by atoms with E-state index in [4.69, 9.17) is 0 Å². The summed E-state index contributed by atoms with van der Waals surface area (Å²) in [5, 5.41) is 10.7. The van der Waals surface area contributed by atoms with Crippen molar-refractivity contribution in [3.8, 4) is 11.1 Å². The van der Waals surface area contributed by atoms with Crippen LogP contribution in [0.25, 0.3) is 11.1 Å². The molecule has 1 aliphatic carbocycles. The summed E-state index contributed by atoms with van der Waals surface area (Å²) in [6, 6.07) is 17.0. The van der Waals surface area contributed by atoms with Crippen molar-refractivity contribution < 1.29 is 5.11 Å². The predicted octanol–water partition coefficient (Wildman–Crippen LogP) is 3.84. The van der Waals surface area contributed by atoms with Gasteiger partial charge in [0, 0.05) is 6.42 Å². The van der Waals surface area contributed by atoms with Crippen LogP contribution in [0.1, 0.15) is 25.0 Å². The predicted molar refractivity (Wildman–Crippen MR) is 79.1 cm³/mol. The van der Waals surface area contributed by atoms with Crippen molar-refractivity contribution in [2.75, 3.05) is 0 Å². The van der Waals surface area contributed by atoms with Crippen LogP contribution in [-0.4, -0.2) is 10.7 Å². The molecule has 2 aromatic rings. The molecule has 0 aliphatic heterocycles. The first-order valence-electron chi connectivity index (χ1n) is 6.96. The third-order valence-electron chi connectivity index (χ3n) is 4.46. The van der Waals surface area contributed by atoms with Gasteiger partial charge < -0.3 is 5.11 Å². The van der Waals surface area contributed by atoms with Crippen LogP contribution in [0.3, 0.4) is 0 Å². The summed E-state index contributed by atoms with van der Waals surface area (Å²) in [5.41, 5.74) is 4.52. The van der Waals surface area contributed by atoms with Crippen molar-refractivity contribution in [1.29, 1.82) is 0 Å². The molecule has 0 heterocycles. The largest absolute Gasteiger partial charge is 0.390 e. The van der Waals surface area contributed by atoms with Gasteiger partial charge in [0.2, 0.25) is 0 Å². The second kappa shape index (κ2) is 4.50. The van der Waals surface area contributed by atoms with Crippen molar-refractivity contribution in [3.63, 3.8) is 0 Å². The van der Waals surface area contributed by atoms with Gasteiger partial charge in [-0.3, -0.25) is 0 Å². The van der Waals surface area contributed by atoms with E-state index < -0.39 is 5.60 Å². The van der Waals surface area contributed by atoms with E-state index in [-0.39, 0.29) is 5.92 Å². The fourth-order valence-corrected chi connectivity index (χ4v) is 3.01. The van der Waals surface area contributed by atoms with Crippen LogP contribution < -0.4 is 0 Å². The van der Waals surface area contributed by atoms with Crippen LogP contribution in [0.15, 0.2) is 48.5 Å². The second-order valence-electron chi connectivity index (χ2n) is 5.95. The molecule has 98 valence electrons. The highest BCUT2D eigenvalue weighted by atomic mass is 16.3. The molecule has 0 aromatic heterocycles. The standard InChI is InChI=1S/C18H20O/c1-13-11-14-7-3-5-9-16(14)17-10-6-4-8-15(17)12-18(13,2)19/h3-10,13,19H,11-12H2,1-2H3/t13-,18-/m1/s1. The Hall–Kier alpha value is -1.60. The number of rotatable bonds is 0. The lowest BCUT2D eigenvalue weighted by atomic mass is 9.76. The molecule has 19 heavy (non-hydrogen) atoms. The lowest BCUT2D eigenvalue weighted by molar-refractivity contribution is 0.00642. The molecular weight excluding hydrogens is 232 g/mol. The number of aliphatic hydroxyl groups is 1. The SMILES string of the molecule is C[C@@H]1Cc2ccccc2-c2ccccc2C[C@@]1(C)O. The topological polar surface area (TPSA) is 20.2 Å². The number of hydrogen-bond donors (Lipinski definition) is 1. The normalized spacial score (nSPS) is 25.9. The average molecular weight is 252 g/mol. The number of hydrogen-bond acceptors (Lipinski definition) is 1. The first-order chi connectivity index (χ1) is 9.08. The van der Waals surface area contributed by atoms with Gasteiger partial charge in [-0.1, -0.05) is 55.5 Å². The molecule has 0 amide bonds. The summed E-state index contributed by atoms with van der Waals surface area (Å²) in [7, 11) is 0. The Morgan fingerprint density at radius 1 is 0.947 bits per heavy atom. The van der Waals surface area contributed by atoms with E-state index in [1.807, 2.05) is 6.92 Å². The minimum absolute atomic E-state index is 0.252. The van der Waals surface area contributed by atoms with Crippen LogP contribution in [0.5, 0.6) is 0 Å². The minimum atomic E-state index is -0.649. The van der Waals surface area contributed by atoms with Gasteiger partial charge in [-0.05, 0) is 41.5 Å². The third kappa shape index (κ3) is 2.19. The second-order valence-corrected chi connectivity index (χ2v) is 5.95. The summed E-state index contributed by atoms with van der Waals surface area (Å²) in [4.78, 5) is 0. The van der Waals surface area contributed by atoms with E-state index in [1.54, 1.807) is 0 Å². The summed E-state index contributed by atoms with van der Waals surface area (Å²) in [5.74, 6) is 0.252. The Labute approximate surface area is 114 Å². The first kappa shape index (κ1) is 12.4. The van der Waals surface area contributed by atoms with E-state index in [2.05, 4.69) is 55.5 Å². The monoisotopic (exact) mass is 252 g/mol. The van der Waals surface area contributed by atoms with E-state index in [1.165, 1.54) is 22.3 Å². The molecule has 0 fully saturated rings. The quantitative estimate of drug-likeness (QED) is 0.755. The zero-order valence-electron chi connectivity index (χ0n) is 11.6. The highest BCUT2D eigenvalue weighted by molar-refractivity contribution is 5.71. The Kier molecular flexibility index (Phi) is 2.94. The van der Waals surface area contributed by atoms with Crippen LogP contribution in [-0.2, 0) is 12.8 Å². The molecule has 0 radical (unpaired) electrons. The minimum Gasteiger partial charge on any atom is -0.390 e. The van der Waals surface area contributed by atoms with E-state index in [0.717, 1.165) is 12.8 Å². The van der Waals surface area contributed by atoms with Crippen molar-refractivity contribution in [3.05, 3.63) is 59.7 Å². The summed E-state index contributed by atoms with van der Waals surface area (Å²) < 4.78 is 0. The molecule has 1 nitrogen and oxygen atoms in total. The highest BCUT2D eigenvalue weighted by Crippen LogP contribution is 2.36. The fourth-order valence-electron chi connectivity index (χ4n) is 3.01. The molecule has 1 aliphatic rings. The van der Waals surface area contributed by atoms with E-state index in [0.29, 0.717) is 0 Å². The van der Waals surface area contributed by atoms with Crippen LogP contribution >= 0.6 is 0 Å². The van der Waals surface area contributed by atoms with E-state index >= 15 is 0 Å². The maximum atomic E-state index is 10.7. The molecule has 0 saturated heterocycles. The molecule has 2 aromatic carbocycles. The van der Waals surface area contributed by atoms with Gasteiger partial charge >= 0.3 is 0 Å². The van der Waals surface area contributed by atoms with Crippen molar-refractivity contribution >= 4 is 0 Å². The summed E-state index contributed by atoms with van der Waals surface area (Å²) >= 11 is 0. The smallest absolute Gasteiger partial charge is 0.0688 e. The van der Waals surface area contributed by atoms with Gasteiger partial charge in [0.05, 0.1) is 5.60 Å². The molecule has 0 spiro atoms. The third-order valence-corrected chi connectivity index (χ3v) is 4.46. The first-order valence-corrected chi connectivity index (χ1v) is 6.96. The molecule has 2 atom stereocenters. The lowest BCUT2D eigenvalue weighted by Gasteiger charge is -2.34. The molecule has 0 saturated carbocycles. The molecular formula is C18H20O. The van der Waals surface area contributed by atoms with Crippen LogP contribution in [0.2, 0.25) is 0 Å². The Bertz CT molecular complexity index is 598. The van der Waals surface area contributed by atoms with Crippen LogP contribution in [0.4, 0.5) is 0 Å². The molecule has 1 N–H and O–H groups in total. The van der Waals surface area contributed by atoms with Gasteiger partial charge in [0.15, 0.2) is 0 Å². The molecule has 1 heteroatoms. The highest BCUT2D eigenvalue weighted by Gasteiger charge is 2.32. The molecule has 3 rings (SSSR count). The fraction of sp³-hybridized carbons (Fsp3) is 0.333. The Morgan fingerprint density at radius 2 is 1.47 bits per heavy atom. The van der Waals surface area contributed by atoms with Gasteiger partial charge in [0.1, 0.15) is 0 Å². The maximum absolute atomic E-state index is 10.7. The van der Waals surface area contributed by atoms with Gasteiger partial charge in [0.25, 0.3) is 0 Å². The summed E-state index contributed by atoms with van der Waals surface area (Å²) in [6.07, 6.45) is 1.65. The number of fused-ring (bicyclic) bond motifs is 3. The number of benzene rings is 2. The zero-order valence-corrected chi connectivity index (χ0v) is 11.6. The van der Waals surface area contributed by atoms with E-state index in [9.17, 15) is 5.11 Å². The Morgan fingerprint density at radius 3 is 2.16 bits per heavy atom. The lowest BCUT2D eigenvalue weighted by Crippen LogP contribution is -2.37. The molecule has 0 bridgehead atoms. The zero-order chi connectivity index (χ0) is 13.5. The Balaban J connectivity index is 2.23. The summed E-state index contributed by atoms with van der Waals surface area (Å²) in [6.45, 7) is 4.10. The average Bonchev–Trinajstić information content (AvgIpc) is 2.39. The van der Waals surface area contributed by atoms with Crippen molar-refractivity contribution in [1.82, 2.24) is 0 Å². The van der Waals surface area contributed by atoms with Gasteiger partial charge in [-0.15, -0.1) is 0 Å². The maximum Gasteiger partial charge on any atom is 0.0688 e. The van der Waals surface area contributed by atoms with Crippen molar-refractivity contribution in [2.45, 2.75) is 32.3 Å².